The first-order chi connectivity index (χ1) is 13.6. The van der Waals surface area contributed by atoms with Gasteiger partial charge in [0.15, 0.2) is 0 Å². The van der Waals surface area contributed by atoms with Crippen LogP contribution in [0.25, 0.3) is 0 Å². The molecule has 1 atom stereocenters. The Labute approximate surface area is 171 Å². The van der Waals surface area contributed by atoms with Crippen LogP contribution in [0.5, 0.6) is 0 Å². The van der Waals surface area contributed by atoms with Crippen LogP contribution in [-0.4, -0.2) is 59.1 Å². The van der Waals surface area contributed by atoms with Gasteiger partial charge in [0.1, 0.15) is 0 Å². The molecular weight excluding hydrogens is 378 g/mol. The number of nitrogens with zero attached hydrogens (tertiary/aromatic N) is 2. The number of piperidine rings is 1. The first-order valence-electron chi connectivity index (χ1n) is 10.0. The van der Waals surface area contributed by atoms with Gasteiger partial charge in [0, 0.05) is 50.9 Å². The SMILES string of the molecule is O=C(NC1CCN(C(=O)CCCCl)CC1)C1CC(=O)N(Cc2ccccc2)C1. The number of likely N-dealkylation sites (tertiary alicyclic amines) is 2. The number of hydrogen-bond acceptors (Lipinski definition) is 3. The van der Waals surface area contributed by atoms with Crippen LogP contribution >= 0.6 is 11.6 Å². The molecule has 7 heteroatoms. The lowest BCUT2D eigenvalue weighted by Crippen LogP contribution is -2.48. The predicted octanol–water partition coefficient (Wildman–Crippen LogP) is 2.16. The van der Waals surface area contributed by atoms with Gasteiger partial charge in [0.05, 0.1) is 5.92 Å². The molecule has 0 aliphatic carbocycles. The van der Waals surface area contributed by atoms with Gasteiger partial charge in [0.25, 0.3) is 0 Å². The molecule has 2 fully saturated rings. The van der Waals surface area contributed by atoms with Crippen LogP contribution in [0.1, 0.15) is 37.7 Å². The van der Waals surface area contributed by atoms with Crippen molar-refractivity contribution in [3.8, 4) is 0 Å². The zero-order valence-electron chi connectivity index (χ0n) is 16.1. The Bertz CT molecular complexity index is 689. The van der Waals surface area contributed by atoms with Crippen molar-refractivity contribution in [2.75, 3.05) is 25.5 Å². The quantitative estimate of drug-likeness (QED) is 0.707. The van der Waals surface area contributed by atoms with E-state index in [1.807, 2.05) is 35.2 Å². The highest BCUT2D eigenvalue weighted by Crippen LogP contribution is 2.21. The number of halogens is 1. The molecule has 152 valence electrons. The molecule has 2 heterocycles. The molecule has 0 bridgehead atoms. The molecule has 3 rings (SSSR count). The van der Waals surface area contributed by atoms with Crippen LogP contribution in [0, 0.1) is 5.92 Å². The summed E-state index contributed by atoms with van der Waals surface area (Å²) >= 11 is 5.65. The van der Waals surface area contributed by atoms with E-state index >= 15 is 0 Å². The van der Waals surface area contributed by atoms with Gasteiger partial charge in [-0.1, -0.05) is 30.3 Å². The third-order valence-corrected chi connectivity index (χ3v) is 5.79. The normalized spacial score (nSPS) is 20.5. The van der Waals surface area contributed by atoms with Crippen molar-refractivity contribution in [3.05, 3.63) is 35.9 Å². The minimum atomic E-state index is -0.292. The van der Waals surface area contributed by atoms with Crippen molar-refractivity contribution < 1.29 is 14.4 Å². The second-order valence-corrected chi connectivity index (χ2v) is 8.00. The summed E-state index contributed by atoms with van der Waals surface area (Å²) in [7, 11) is 0. The van der Waals surface area contributed by atoms with Crippen molar-refractivity contribution in [3.63, 3.8) is 0 Å². The van der Waals surface area contributed by atoms with Gasteiger partial charge in [0.2, 0.25) is 17.7 Å². The smallest absolute Gasteiger partial charge is 0.225 e. The Kier molecular flexibility index (Phi) is 7.31. The van der Waals surface area contributed by atoms with Crippen molar-refractivity contribution in [1.82, 2.24) is 15.1 Å². The highest BCUT2D eigenvalue weighted by Gasteiger charge is 2.35. The first-order valence-corrected chi connectivity index (χ1v) is 10.6. The summed E-state index contributed by atoms with van der Waals surface area (Å²) in [4.78, 5) is 40.6. The summed E-state index contributed by atoms with van der Waals surface area (Å²) in [5.74, 6) is 0.335. The number of nitrogens with one attached hydrogen (secondary N) is 1. The van der Waals surface area contributed by atoms with Crippen LogP contribution in [-0.2, 0) is 20.9 Å². The van der Waals surface area contributed by atoms with Gasteiger partial charge in [-0.15, -0.1) is 11.6 Å². The lowest BCUT2D eigenvalue weighted by Gasteiger charge is -2.33. The predicted molar refractivity (Wildman–Crippen MR) is 108 cm³/mol. The van der Waals surface area contributed by atoms with E-state index in [1.54, 1.807) is 4.90 Å². The molecule has 1 aromatic carbocycles. The maximum absolute atomic E-state index is 12.6. The molecule has 2 saturated heterocycles. The number of carbonyl (C=O) groups excluding carboxylic acids is 3. The maximum Gasteiger partial charge on any atom is 0.225 e. The van der Waals surface area contributed by atoms with Gasteiger partial charge in [-0.05, 0) is 24.8 Å². The van der Waals surface area contributed by atoms with Gasteiger partial charge in [-0.25, -0.2) is 0 Å². The third-order valence-electron chi connectivity index (χ3n) is 5.52. The minimum Gasteiger partial charge on any atom is -0.353 e. The zero-order chi connectivity index (χ0) is 19.9. The Morgan fingerprint density at radius 3 is 2.54 bits per heavy atom. The number of benzene rings is 1. The van der Waals surface area contributed by atoms with E-state index in [2.05, 4.69) is 5.32 Å². The van der Waals surface area contributed by atoms with Crippen LogP contribution in [0.2, 0.25) is 0 Å². The van der Waals surface area contributed by atoms with Gasteiger partial charge >= 0.3 is 0 Å². The Morgan fingerprint density at radius 1 is 1.14 bits per heavy atom. The molecule has 1 unspecified atom stereocenters. The van der Waals surface area contributed by atoms with E-state index in [-0.39, 0.29) is 36.1 Å². The van der Waals surface area contributed by atoms with Crippen LogP contribution in [0.4, 0.5) is 0 Å². The van der Waals surface area contributed by atoms with E-state index in [9.17, 15) is 14.4 Å². The van der Waals surface area contributed by atoms with E-state index in [1.165, 1.54) is 0 Å². The van der Waals surface area contributed by atoms with Crippen molar-refractivity contribution in [2.45, 2.75) is 44.7 Å². The monoisotopic (exact) mass is 405 g/mol. The van der Waals surface area contributed by atoms with Crippen LogP contribution < -0.4 is 5.32 Å². The molecule has 2 aliphatic heterocycles. The Balaban J connectivity index is 1.43. The molecule has 0 spiro atoms. The van der Waals surface area contributed by atoms with Crippen LogP contribution in [0.15, 0.2) is 30.3 Å². The average molecular weight is 406 g/mol. The van der Waals surface area contributed by atoms with Gasteiger partial charge in [-0.3, -0.25) is 14.4 Å². The summed E-state index contributed by atoms with van der Waals surface area (Å²) in [5, 5.41) is 3.09. The summed E-state index contributed by atoms with van der Waals surface area (Å²) in [6.45, 7) is 2.34. The fraction of sp³-hybridized carbons (Fsp3) is 0.571. The van der Waals surface area contributed by atoms with Crippen molar-refractivity contribution >= 4 is 29.3 Å². The third kappa shape index (κ3) is 5.47. The molecule has 3 amide bonds. The number of alkyl halides is 1. The zero-order valence-corrected chi connectivity index (χ0v) is 16.9. The molecule has 0 radical (unpaired) electrons. The largest absolute Gasteiger partial charge is 0.353 e. The number of carbonyl (C=O) groups is 3. The molecule has 1 N–H and O–H groups in total. The first kappa shape index (κ1) is 20.6. The van der Waals surface area contributed by atoms with E-state index in [0.29, 0.717) is 44.9 Å². The van der Waals surface area contributed by atoms with E-state index < -0.39 is 0 Å². The number of rotatable bonds is 7. The number of amides is 3. The lowest BCUT2D eigenvalue weighted by atomic mass is 10.0. The van der Waals surface area contributed by atoms with Crippen molar-refractivity contribution in [1.29, 1.82) is 0 Å². The molecule has 1 aromatic rings. The van der Waals surface area contributed by atoms with Gasteiger partial charge < -0.3 is 15.1 Å². The fourth-order valence-electron chi connectivity index (χ4n) is 3.87. The molecular formula is C21H28ClN3O3. The fourth-order valence-corrected chi connectivity index (χ4v) is 4.01. The summed E-state index contributed by atoms with van der Waals surface area (Å²) < 4.78 is 0. The summed E-state index contributed by atoms with van der Waals surface area (Å²) in [6, 6.07) is 9.90. The minimum absolute atomic E-state index is 0.0312. The van der Waals surface area contributed by atoms with Crippen LogP contribution in [0.3, 0.4) is 0 Å². The molecule has 28 heavy (non-hydrogen) atoms. The Hall–Kier alpha value is -2.08. The number of hydrogen-bond donors (Lipinski definition) is 1. The lowest BCUT2D eigenvalue weighted by molar-refractivity contribution is -0.133. The van der Waals surface area contributed by atoms with E-state index in [4.69, 9.17) is 11.6 Å². The molecule has 6 nitrogen and oxygen atoms in total. The molecule has 2 aliphatic rings. The average Bonchev–Trinajstić information content (AvgIpc) is 3.08. The summed E-state index contributed by atoms with van der Waals surface area (Å²) in [6.07, 6.45) is 2.97. The standard InChI is InChI=1S/C21H28ClN3O3/c22-10-4-7-19(26)24-11-8-18(9-12-24)23-21(28)17-13-20(27)25(15-17)14-16-5-2-1-3-6-16/h1-3,5-6,17-18H,4,7-15H2,(H,23,28). The topological polar surface area (TPSA) is 69.7 Å². The molecule has 0 aromatic heterocycles. The summed E-state index contributed by atoms with van der Waals surface area (Å²) in [5.41, 5.74) is 1.07. The second kappa shape index (κ2) is 9.92. The van der Waals surface area contributed by atoms with Gasteiger partial charge in [-0.2, -0.15) is 0 Å². The van der Waals surface area contributed by atoms with Crippen molar-refractivity contribution in [2.24, 2.45) is 5.92 Å². The Morgan fingerprint density at radius 2 is 1.86 bits per heavy atom. The highest BCUT2D eigenvalue weighted by atomic mass is 35.5. The second-order valence-electron chi connectivity index (χ2n) is 7.62. The highest BCUT2D eigenvalue weighted by molar-refractivity contribution is 6.17. The maximum atomic E-state index is 12.6. The van der Waals surface area contributed by atoms with E-state index in [0.717, 1.165) is 18.4 Å². The molecule has 0 saturated carbocycles.